The van der Waals surface area contributed by atoms with Crippen molar-refractivity contribution < 1.29 is 9.53 Å². The Morgan fingerprint density at radius 1 is 1.17 bits per heavy atom. The summed E-state index contributed by atoms with van der Waals surface area (Å²) in [6.45, 7) is 8.24. The molecule has 0 bridgehead atoms. The van der Waals surface area contributed by atoms with Crippen LogP contribution in [0.5, 0.6) is 0 Å². The topological polar surface area (TPSA) is 29.5 Å². The van der Waals surface area contributed by atoms with E-state index in [0.717, 1.165) is 32.0 Å². The minimum atomic E-state index is 0.184. The second-order valence-electron chi connectivity index (χ2n) is 5.21. The first-order chi connectivity index (χ1) is 8.75. The van der Waals surface area contributed by atoms with Crippen molar-refractivity contribution >= 4 is 5.91 Å². The van der Waals surface area contributed by atoms with Crippen LogP contribution in [0.3, 0.4) is 0 Å². The van der Waals surface area contributed by atoms with Crippen LogP contribution in [0.2, 0.25) is 0 Å². The molecule has 1 amide bonds. The smallest absolute Gasteiger partial charge is 0.219 e. The predicted molar refractivity (Wildman–Crippen MR) is 74.5 cm³/mol. The van der Waals surface area contributed by atoms with Crippen LogP contribution in [0.15, 0.2) is 0 Å². The zero-order valence-electron chi connectivity index (χ0n) is 12.3. The van der Waals surface area contributed by atoms with E-state index in [0.29, 0.717) is 6.10 Å². The largest absolute Gasteiger partial charge is 0.376 e. The standard InChI is InChI=1S/C13H23NO2.C2H6/c1-11(15)14-8-7-13(9-14)16-10-12-5-3-2-4-6-12;1-2/h12-13H,2-10H2,1H3;1-2H3. The number of amides is 1. The fraction of sp³-hybridized carbons (Fsp3) is 0.933. The van der Waals surface area contributed by atoms with Gasteiger partial charge in [0.15, 0.2) is 0 Å². The van der Waals surface area contributed by atoms with Gasteiger partial charge in [0.2, 0.25) is 5.91 Å². The number of ether oxygens (including phenoxy) is 1. The van der Waals surface area contributed by atoms with Gasteiger partial charge in [-0.3, -0.25) is 4.79 Å². The number of rotatable bonds is 3. The fourth-order valence-electron chi connectivity index (χ4n) is 2.78. The summed E-state index contributed by atoms with van der Waals surface area (Å²) in [5, 5.41) is 0. The summed E-state index contributed by atoms with van der Waals surface area (Å²) < 4.78 is 5.93. The maximum atomic E-state index is 11.2. The maximum Gasteiger partial charge on any atom is 0.219 e. The van der Waals surface area contributed by atoms with Gasteiger partial charge in [-0.1, -0.05) is 33.1 Å². The monoisotopic (exact) mass is 255 g/mol. The van der Waals surface area contributed by atoms with Crippen molar-refractivity contribution in [3.63, 3.8) is 0 Å². The number of carbonyl (C=O) groups is 1. The van der Waals surface area contributed by atoms with Crippen molar-refractivity contribution in [2.45, 2.75) is 65.4 Å². The number of carbonyl (C=O) groups excluding carboxylic acids is 1. The minimum Gasteiger partial charge on any atom is -0.376 e. The van der Waals surface area contributed by atoms with Gasteiger partial charge >= 0.3 is 0 Å². The highest BCUT2D eigenvalue weighted by Crippen LogP contribution is 2.25. The van der Waals surface area contributed by atoms with Crippen LogP contribution in [0.1, 0.15) is 59.3 Å². The summed E-state index contributed by atoms with van der Waals surface area (Å²) in [4.78, 5) is 13.1. The van der Waals surface area contributed by atoms with Crippen molar-refractivity contribution in [1.29, 1.82) is 0 Å². The lowest BCUT2D eigenvalue weighted by Gasteiger charge is -2.23. The lowest BCUT2D eigenvalue weighted by molar-refractivity contribution is -0.128. The molecule has 0 aromatic heterocycles. The molecule has 1 aliphatic heterocycles. The third-order valence-corrected chi connectivity index (χ3v) is 3.88. The highest BCUT2D eigenvalue weighted by molar-refractivity contribution is 5.73. The van der Waals surface area contributed by atoms with Crippen molar-refractivity contribution in [2.75, 3.05) is 19.7 Å². The second-order valence-corrected chi connectivity index (χ2v) is 5.21. The predicted octanol–water partition coefficient (Wildman–Crippen LogP) is 3.23. The Balaban J connectivity index is 0.000000771. The van der Waals surface area contributed by atoms with E-state index in [1.807, 2.05) is 18.7 Å². The van der Waals surface area contributed by atoms with Gasteiger partial charge in [-0.05, 0) is 25.2 Å². The molecule has 0 aromatic rings. The van der Waals surface area contributed by atoms with Crippen LogP contribution in [0, 0.1) is 5.92 Å². The maximum absolute atomic E-state index is 11.2. The van der Waals surface area contributed by atoms with Crippen LogP contribution >= 0.6 is 0 Å². The van der Waals surface area contributed by atoms with E-state index in [-0.39, 0.29) is 5.91 Å². The van der Waals surface area contributed by atoms with E-state index in [2.05, 4.69) is 0 Å². The van der Waals surface area contributed by atoms with Gasteiger partial charge in [-0.25, -0.2) is 0 Å². The summed E-state index contributed by atoms with van der Waals surface area (Å²) in [6.07, 6.45) is 8.14. The molecule has 1 heterocycles. The zero-order valence-corrected chi connectivity index (χ0v) is 12.3. The third-order valence-electron chi connectivity index (χ3n) is 3.88. The molecule has 0 radical (unpaired) electrons. The molecule has 1 unspecified atom stereocenters. The number of hydrogen-bond donors (Lipinski definition) is 0. The average Bonchev–Trinajstić information content (AvgIpc) is 2.89. The number of likely N-dealkylation sites (tertiary alicyclic amines) is 1. The van der Waals surface area contributed by atoms with E-state index >= 15 is 0 Å². The Bertz CT molecular complexity index is 237. The highest BCUT2D eigenvalue weighted by Gasteiger charge is 2.25. The molecule has 1 saturated carbocycles. The molecule has 0 aromatic carbocycles. The molecule has 0 N–H and O–H groups in total. The van der Waals surface area contributed by atoms with Gasteiger partial charge in [0.1, 0.15) is 0 Å². The Morgan fingerprint density at radius 3 is 2.39 bits per heavy atom. The molecule has 2 aliphatic rings. The van der Waals surface area contributed by atoms with Gasteiger partial charge in [-0.2, -0.15) is 0 Å². The lowest BCUT2D eigenvalue weighted by Crippen LogP contribution is -2.28. The second kappa shape index (κ2) is 8.52. The van der Waals surface area contributed by atoms with Crippen LogP contribution < -0.4 is 0 Å². The molecule has 2 rings (SSSR count). The first-order valence-electron chi connectivity index (χ1n) is 7.63. The summed E-state index contributed by atoms with van der Waals surface area (Å²) in [7, 11) is 0. The van der Waals surface area contributed by atoms with Crippen molar-refractivity contribution in [3.05, 3.63) is 0 Å². The molecule has 1 atom stereocenters. The van der Waals surface area contributed by atoms with Crippen LogP contribution in [-0.2, 0) is 9.53 Å². The molecule has 1 aliphatic carbocycles. The van der Waals surface area contributed by atoms with E-state index in [1.54, 1.807) is 6.92 Å². The number of nitrogens with zero attached hydrogens (tertiary/aromatic N) is 1. The molecule has 106 valence electrons. The van der Waals surface area contributed by atoms with Crippen LogP contribution in [0.4, 0.5) is 0 Å². The summed E-state index contributed by atoms with van der Waals surface area (Å²) in [5.41, 5.74) is 0. The molecule has 3 nitrogen and oxygen atoms in total. The molecule has 2 fully saturated rings. The fourth-order valence-corrected chi connectivity index (χ4v) is 2.78. The Labute approximate surface area is 112 Å². The van der Waals surface area contributed by atoms with Crippen molar-refractivity contribution in [2.24, 2.45) is 5.92 Å². The van der Waals surface area contributed by atoms with Crippen molar-refractivity contribution in [3.8, 4) is 0 Å². The summed E-state index contributed by atoms with van der Waals surface area (Å²) in [6, 6.07) is 0. The summed E-state index contributed by atoms with van der Waals surface area (Å²) in [5.74, 6) is 0.962. The first kappa shape index (κ1) is 15.5. The molecule has 0 spiro atoms. The zero-order chi connectivity index (χ0) is 13.4. The Hall–Kier alpha value is -0.570. The number of hydrogen-bond acceptors (Lipinski definition) is 2. The van der Waals surface area contributed by atoms with Gasteiger partial charge in [-0.15, -0.1) is 0 Å². The molecule has 3 heteroatoms. The van der Waals surface area contributed by atoms with E-state index < -0.39 is 0 Å². The molecular weight excluding hydrogens is 226 g/mol. The van der Waals surface area contributed by atoms with E-state index in [9.17, 15) is 4.79 Å². The molecule has 1 saturated heterocycles. The van der Waals surface area contributed by atoms with Gasteiger partial charge in [0.25, 0.3) is 0 Å². The normalized spacial score (nSPS) is 24.6. The van der Waals surface area contributed by atoms with E-state index in [1.165, 1.54) is 32.1 Å². The van der Waals surface area contributed by atoms with Gasteiger partial charge in [0, 0.05) is 26.6 Å². The first-order valence-corrected chi connectivity index (χ1v) is 7.63. The lowest BCUT2D eigenvalue weighted by atomic mass is 9.90. The SMILES string of the molecule is CC.CC(=O)N1CCC(OCC2CCCCC2)C1. The minimum absolute atomic E-state index is 0.184. The quantitative estimate of drug-likeness (QED) is 0.775. The average molecular weight is 255 g/mol. The Morgan fingerprint density at radius 2 is 1.83 bits per heavy atom. The summed E-state index contributed by atoms with van der Waals surface area (Å²) >= 11 is 0. The van der Waals surface area contributed by atoms with Gasteiger partial charge < -0.3 is 9.64 Å². The van der Waals surface area contributed by atoms with E-state index in [4.69, 9.17) is 4.74 Å². The highest BCUT2D eigenvalue weighted by atomic mass is 16.5. The van der Waals surface area contributed by atoms with Crippen molar-refractivity contribution in [1.82, 2.24) is 4.90 Å². The van der Waals surface area contributed by atoms with Crippen LogP contribution in [-0.4, -0.2) is 36.6 Å². The van der Waals surface area contributed by atoms with Gasteiger partial charge in [0.05, 0.1) is 6.10 Å². The Kier molecular flexibility index (Phi) is 7.33. The molecular formula is C15H29NO2. The molecule has 18 heavy (non-hydrogen) atoms. The van der Waals surface area contributed by atoms with Crippen LogP contribution in [0.25, 0.3) is 0 Å². The third kappa shape index (κ3) is 4.97.